The van der Waals surface area contributed by atoms with Crippen molar-refractivity contribution in [3.05, 3.63) is 34.9 Å². The average molecular weight is 271 g/mol. The summed E-state index contributed by atoms with van der Waals surface area (Å²) in [5.41, 5.74) is 5.29. The van der Waals surface area contributed by atoms with Gasteiger partial charge in [0, 0.05) is 6.54 Å². The SMILES string of the molecule is CN1CCC(c2ccc3c(c2)CCC(C(C)(C)C)C3)C1. The van der Waals surface area contributed by atoms with Gasteiger partial charge in [0.1, 0.15) is 0 Å². The molecule has 1 heterocycles. The maximum Gasteiger partial charge on any atom is 0.00477 e. The van der Waals surface area contributed by atoms with E-state index in [-0.39, 0.29) is 0 Å². The Morgan fingerprint density at radius 2 is 1.90 bits per heavy atom. The lowest BCUT2D eigenvalue weighted by atomic mass is 9.70. The highest BCUT2D eigenvalue weighted by atomic mass is 15.1. The normalized spacial score (nSPS) is 27.6. The second-order valence-electron chi connectivity index (χ2n) is 8.08. The van der Waals surface area contributed by atoms with Gasteiger partial charge in [0.2, 0.25) is 0 Å². The number of hydrogen-bond donors (Lipinski definition) is 0. The lowest BCUT2D eigenvalue weighted by Gasteiger charge is -2.35. The van der Waals surface area contributed by atoms with Crippen LogP contribution >= 0.6 is 0 Å². The third kappa shape index (κ3) is 2.79. The van der Waals surface area contributed by atoms with E-state index in [4.69, 9.17) is 0 Å². The van der Waals surface area contributed by atoms with Crippen molar-refractivity contribution in [3.63, 3.8) is 0 Å². The summed E-state index contributed by atoms with van der Waals surface area (Å²) in [5.74, 6) is 1.61. The molecule has 0 radical (unpaired) electrons. The Labute approximate surface area is 124 Å². The van der Waals surface area contributed by atoms with Crippen molar-refractivity contribution >= 4 is 0 Å². The van der Waals surface area contributed by atoms with Gasteiger partial charge in [-0.25, -0.2) is 0 Å². The smallest absolute Gasteiger partial charge is 0.00477 e. The molecule has 0 saturated carbocycles. The van der Waals surface area contributed by atoms with Crippen LogP contribution in [0.4, 0.5) is 0 Å². The predicted octanol–water partition coefficient (Wildman–Crippen LogP) is 4.26. The van der Waals surface area contributed by atoms with Crippen molar-refractivity contribution < 1.29 is 0 Å². The highest BCUT2D eigenvalue weighted by Gasteiger charge is 2.29. The van der Waals surface area contributed by atoms with E-state index in [0.717, 1.165) is 11.8 Å². The minimum absolute atomic E-state index is 0.449. The van der Waals surface area contributed by atoms with E-state index >= 15 is 0 Å². The largest absolute Gasteiger partial charge is 0.306 e. The number of hydrogen-bond acceptors (Lipinski definition) is 1. The summed E-state index contributed by atoms with van der Waals surface area (Å²) in [6.45, 7) is 9.68. The quantitative estimate of drug-likeness (QED) is 0.738. The molecule has 2 aliphatic rings. The summed E-state index contributed by atoms with van der Waals surface area (Å²) in [6, 6.07) is 7.37. The molecule has 0 N–H and O–H groups in total. The van der Waals surface area contributed by atoms with Gasteiger partial charge in [-0.15, -0.1) is 0 Å². The molecule has 2 unspecified atom stereocenters. The maximum absolute atomic E-state index is 2.53. The number of fused-ring (bicyclic) bond motifs is 1. The second kappa shape index (κ2) is 5.18. The standard InChI is InChI=1S/C19H29N/c1-19(2,3)18-8-7-14-11-15(5-6-16(14)12-18)17-9-10-20(4)13-17/h5-6,11,17-18H,7-10,12-13H2,1-4H3. The first-order valence-electron chi connectivity index (χ1n) is 8.24. The van der Waals surface area contributed by atoms with Crippen molar-refractivity contribution in [2.24, 2.45) is 11.3 Å². The molecule has 1 fully saturated rings. The Morgan fingerprint density at radius 1 is 1.10 bits per heavy atom. The van der Waals surface area contributed by atoms with Crippen molar-refractivity contribution in [1.82, 2.24) is 4.90 Å². The second-order valence-corrected chi connectivity index (χ2v) is 8.08. The Morgan fingerprint density at radius 3 is 2.55 bits per heavy atom. The Hall–Kier alpha value is -0.820. The fraction of sp³-hybridized carbons (Fsp3) is 0.684. The molecule has 0 aromatic heterocycles. The molecule has 1 aromatic rings. The summed E-state index contributed by atoms with van der Waals surface area (Å²) in [5, 5.41) is 0. The molecule has 1 nitrogen and oxygen atoms in total. The fourth-order valence-electron chi connectivity index (χ4n) is 3.98. The van der Waals surface area contributed by atoms with E-state index in [2.05, 4.69) is 50.9 Å². The zero-order valence-corrected chi connectivity index (χ0v) is 13.6. The van der Waals surface area contributed by atoms with E-state index in [1.807, 2.05) is 0 Å². The molecule has 1 aliphatic heterocycles. The number of aryl methyl sites for hydroxylation is 1. The Balaban J connectivity index is 1.78. The number of likely N-dealkylation sites (N-methyl/N-ethyl adjacent to an activating group) is 1. The van der Waals surface area contributed by atoms with Crippen LogP contribution in [0.15, 0.2) is 18.2 Å². The summed E-state index contributed by atoms with van der Waals surface area (Å²) in [4.78, 5) is 2.46. The van der Waals surface area contributed by atoms with Gasteiger partial charge >= 0.3 is 0 Å². The molecule has 1 aliphatic carbocycles. The van der Waals surface area contributed by atoms with Crippen LogP contribution in [0.2, 0.25) is 0 Å². The molecule has 20 heavy (non-hydrogen) atoms. The molecule has 0 spiro atoms. The fourth-order valence-corrected chi connectivity index (χ4v) is 3.98. The van der Waals surface area contributed by atoms with Gasteiger partial charge in [0.15, 0.2) is 0 Å². The molecule has 0 amide bonds. The van der Waals surface area contributed by atoms with Crippen LogP contribution in [0.3, 0.4) is 0 Å². The lowest BCUT2D eigenvalue weighted by Crippen LogP contribution is -2.27. The molecular formula is C19H29N. The summed E-state index contributed by atoms with van der Waals surface area (Å²) in [6.07, 6.45) is 5.27. The third-order valence-corrected chi connectivity index (χ3v) is 5.55. The van der Waals surface area contributed by atoms with Crippen molar-refractivity contribution in [3.8, 4) is 0 Å². The van der Waals surface area contributed by atoms with Crippen molar-refractivity contribution in [1.29, 1.82) is 0 Å². The molecule has 1 saturated heterocycles. The van der Waals surface area contributed by atoms with Gasteiger partial charge in [0.25, 0.3) is 0 Å². The van der Waals surface area contributed by atoms with E-state index in [1.165, 1.54) is 38.8 Å². The van der Waals surface area contributed by atoms with Gasteiger partial charge in [-0.05, 0) is 73.2 Å². The van der Waals surface area contributed by atoms with Crippen LogP contribution < -0.4 is 0 Å². The topological polar surface area (TPSA) is 3.24 Å². The monoisotopic (exact) mass is 271 g/mol. The molecule has 1 aromatic carbocycles. The average Bonchev–Trinajstić information content (AvgIpc) is 2.83. The van der Waals surface area contributed by atoms with Gasteiger partial charge in [0.05, 0.1) is 0 Å². The van der Waals surface area contributed by atoms with Gasteiger partial charge in [-0.1, -0.05) is 39.0 Å². The van der Waals surface area contributed by atoms with Gasteiger partial charge < -0.3 is 4.90 Å². The number of likely N-dealkylation sites (tertiary alicyclic amines) is 1. The van der Waals surface area contributed by atoms with Crippen LogP contribution in [0.25, 0.3) is 0 Å². The number of rotatable bonds is 1. The summed E-state index contributed by atoms with van der Waals surface area (Å²) in [7, 11) is 2.24. The molecule has 0 bridgehead atoms. The molecule has 3 rings (SSSR count). The first kappa shape index (κ1) is 14.1. The molecule has 110 valence electrons. The predicted molar refractivity (Wildman–Crippen MR) is 86.3 cm³/mol. The van der Waals surface area contributed by atoms with E-state index in [0.29, 0.717) is 5.41 Å². The summed E-state index contributed by atoms with van der Waals surface area (Å²) >= 11 is 0. The van der Waals surface area contributed by atoms with E-state index < -0.39 is 0 Å². The van der Waals surface area contributed by atoms with Crippen molar-refractivity contribution in [2.75, 3.05) is 20.1 Å². The zero-order chi connectivity index (χ0) is 14.3. The molecule has 2 atom stereocenters. The number of benzene rings is 1. The van der Waals surface area contributed by atoms with E-state index in [9.17, 15) is 0 Å². The summed E-state index contributed by atoms with van der Waals surface area (Å²) < 4.78 is 0. The van der Waals surface area contributed by atoms with Gasteiger partial charge in [-0.2, -0.15) is 0 Å². The first-order chi connectivity index (χ1) is 9.43. The van der Waals surface area contributed by atoms with Crippen LogP contribution in [0.1, 0.15) is 56.2 Å². The Kier molecular flexibility index (Phi) is 3.66. The van der Waals surface area contributed by atoms with Crippen molar-refractivity contribution in [2.45, 2.75) is 52.4 Å². The van der Waals surface area contributed by atoms with Crippen LogP contribution in [0, 0.1) is 11.3 Å². The molecular weight excluding hydrogens is 242 g/mol. The lowest BCUT2D eigenvalue weighted by molar-refractivity contribution is 0.216. The maximum atomic E-state index is 2.53. The highest BCUT2D eigenvalue weighted by molar-refractivity contribution is 5.36. The minimum Gasteiger partial charge on any atom is -0.306 e. The minimum atomic E-state index is 0.449. The van der Waals surface area contributed by atoms with Crippen LogP contribution in [0.5, 0.6) is 0 Å². The molecule has 1 heteroatoms. The van der Waals surface area contributed by atoms with E-state index in [1.54, 1.807) is 16.7 Å². The number of nitrogens with zero attached hydrogens (tertiary/aromatic N) is 1. The van der Waals surface area contributed by atoms with Crippen LogP contribution in [-0.2, 0) is 12.8 Å². The van der Waals surface area contributed by atoms with Gasteiger partial charge in [-0.3, -0.25) is 0 Å². The Bertz CT molecular complexity index is 483. The zero-order valence-electron chi connectivity index (χ0n) is 13.6. The third-order valence-electron chi connectivity index (χ3n) is 5.55. The highest BCUT2D eigenvalue weighted by Crippen LogP contribution is 2.38. The van der Waals surface area contributed by atoms with Crippen LogP contribution in [-0.4, -0.2) is 25.0 Å². The first-order valence-corrected chi connectivity index (χ1v) is 8.24.